The van der Waals surface area contributed by atoms with Gasteiger partial charge in [0.2, 0.25) is 5.91 Å². The summed E-state index contributed by atoms with van der Waals surface area (Å²) >= 11 is 1.47. The van der Waals surface area contributed by atoms with Crippen LogP contribution in [0, 0.1) is 13.8 Å². The van der Waals surface area contributed by atoms with Crippen molar-refractivity contribution in [2.24, 2.45) is 0 Å². The summed E-state index contributed by atoms with van der Waals surface area (Å²) in [5.41, 5.74) is 5.68. The van der Waals surface area contributed by atoms with Gasteiger partial charge in [0.1, 0.15) is 0 Å². The smallest absolute Gasteiger partial charge is 0.257 e. The van der Waals surface area contributed by atoms with E-state index in [1.54, 1.807) is 17.9 Å². The van der Waals surface area contributed by atoms with Gasteiger partial charge in [-0.15, -0.1) is 11.3 Å². The molecule has 1 aromatic heterocycles. The van der Waals surface area contributed by atoms with Crippen molar-refractivity contribution in [1.82, 2.24) is 4.98 Å². The molecule has 0 atom stereocenters. The normalized spacial score (nSPS) is 12.8. The van der Waals surface area contributed by atoms with Crippen molar-refractivity contribution in [2.75, 3.05) is 16.8 Å². The van der Waals surface area contributed by atoms with E-state index in [1.807, 2.05) is 44.2 Å². The minimum atomic E-state index is -0.157. The number of nitrogens with zero attached hydrogens (tertiary/aromatic N) is 2. The van der Waals surface area contributed by atoms with Crippen LogP contribution in [0.3, 0.4) is 0 Å². The zero-order chi connectivity index (χ0) is 19.8. The quantitative estimate of drug-likeness (QED) is 0.710. The van der Waals surface area contributed by atoms with E-state index in [0.29, 0.717) is 10.7 Å². The first kappa shape index (κ1) is 18.4. The molecule has 0 saturated carbocycles. The van der Waals surface area contributed by atoms with Gasteiger partial charge in [-0.25, -0.2) is 4.98 Å². The Balaban J connectivity index is 1.58. The van der Waals surface area contributed by atoms with Crippen molar-refractivity contribution >= 4 is 34.0 Å². The predicted molar refractivity (Wildman–Crippen MR) is 113 cm³/mol. The largest absolute Gasteiger partial charge is 0.312 e. The first-order chi connectivity index (χ1) is 13.4. The van der Waals surface area contributed by atoms with Crippen molar-refractivity contribution in [1.29, 1.82) is 0 Å². The average Bonchev–Trinajstić information content (AvgIpc) is 3.24. The van der Waals surface area contributed by atoms with E-state index in [-0.39, 0.29) is 11.8 Å². The van der Waals surface area contributed by atoms with Gasteiger partial charge in [-0.2, -0.15) is 0 Å². The lowest BCUT2D eigenvalue weighted by molar-refractivity contribution is -0.116. The Labute approximate surface area is 168 Å². The lowest BCUT2D eigenvalue weighted by Crippen LogP contribution is -2.25. The van der Waals surface area contributed by atoms with Gasteiger partial charge in [0.05, 0.1) is 5.69 Å². The van der Waals surface area contributed by atoms with E-state index in [4.69, 9.17) is 0 Å². The van der Waals surface area contributed by atoms with E-state index in [1.165, 1.54) is 11.3 Å². The summed E-state index contributed by atoms with van der Waals surface area (Å²) in [5, 5.41) is 3.49. The molecule has 0 unspecified atom stereocenters. The lowest BCUT2D eigenvalue weighted by Gasteiger charge is -2.14. The first-order valence-electron chi connectivity index (χ1n) is 9.19. The second-order valence-corrected chi connectivity index (χ2v) is 8.21. The number of rotatable bonds is 3. The fourth-order valence-corrected chi connectivity index (χ4v) is 4.38. The van der Waals surface area contributed by atoms with Crippen LogP contribution in [-0.2, 0) is 11.2 Å². The Bertz CT molecular complexity index is 1090. The molecule has 0 fully saturated rings. The minimum Gasteiger partial charge on any atom is -0.312 e. The molecule has 4 rings (SSSR count). The van der Waals surface area contributed by atoms with Gasteiger partial charge < -0.3 is 4.90 Å². The van der Waals surface area contributed by atoms with Crippen LogP contribution in [0.1, 0.15) is 33.3 Å². The van der Waals surface area contributed by atoms with Gasteiger partial charge in [0.25, 0.3) is 5.91 Å². The molecule has 1 aliphatic heterocycles. The Morgan fingerprint density at radius 1 is 1.14 bits per heavy atom. The highest BCUT2D eigenvalue weighted by Gasteiger charge is 2.23. The number of nitrogens with one attached hydrogen (secondary N) is 1. The van der Waals surface area contributed by atoms with Crippen LogP contribution in [0.4, 0.5) is 10.8 Å². The lowest BCUT2D eigenvalue weighted by atomic mass is 10.1. The molecule has 0 radical (unpaired) electrons. The van der Waals surface area contributed by atoms with Crippen LogP contribution in [0.15, 0.2) is 42.5 Å². The number of carbonyl (C=O) groups is 2. The van der Waals surface area contributed by atoms with Crippen molar-refractivity contribution in [3.63, 3.8) is 0 Å². The highest BCUT2D eigenvalue weighted by atomic mass is 32.1. The Morgan fingerprint density at radius 3 is 2.71 bits per heavy atom. The molecule has 142 valence electrons. The monoisotopic (exact) mass is 391 g/mol. The van der Waals surface area contributed by atoms with E-state index < -0.39 is 0 Å². The SMILES string of the molecule is CC(=O)N1CCc2cc(-c3nc(NC(=O)c4cccc(C)c4)sc3C)ccc21. The molecular weight excluding hydrogens is 370 g/mol. The molecule has 28 heavy (non-hydrogen) atoms. The van der Waals surface area contributed by atoms with E-state index in [0.717, 1.165) is 45.9 Å². The predicted octanol–water partition coefficient (Wildman–Crippen LogP) is 4.59. The van der Waals surface area contributed by atoms with Crippen LogP contribution in [0.25, 0.3) is 11.3 Å². The van der Waals surface area contributed by atoms with Crippen LogP contribution in [0.2, 0.25) is 0 Å². The number of thiazole rings is 1. The molecule has 2 heterocycles. The number of hydrogen-bond acceptors (Lipinski definition) is 4. The molecule has 0 spiro atoms. The number of hydrogen-bond donors (Lipinski definition) is 1. The van der Waals surface area contributed by atoms with E-state index in [2.05, 4.69) is 16.4 Å². The summed E-state index contributed by atoms with van der Waals surface area (Å²) in [4.78, 5) is 31.7. The number of amides is 2. The zero-order valence-electron chi connectivity index (χ0n) is 16.1. The molecule has 1 aliphatic rings. The molecule has 6 heteroatoms. The Kier molecular flexibility index (Phi) is 4.73. The standard InChI is InChI=1S/C22H21N3O2S/c1-13-5-4-6-18(11-13)21(27)24-22-23-20(14(2)28-22)17-7-8-19-16(12-17)9-10-25(19)15(3)26/h4-8,11-12H,9-10H2,1-3H3,(H,23,24,27). The van der Waals surface area contributed by atoms with Crippen LogP contribution < -0.4 is 10.2 Å². The maximum absolute atomic E-state index is 12.5. The third-order valence-electron chi connectivity index (χ3n) is 4.93. The summed E-state index contributed by atoms with van der Waals surface area (Å²) in [5.74, 6) is -0.0902. The summed E-state index contributed by atoms with van der Waals surface area (Å²) in [7, 11) is 0. The highest BCUT2D eigenvalue weighted by molar-refractivity contribution is 7.16. The zero-order valence-corrected chi connectivity index (χ0v) is 16.9. The van der Waals surface area contributed by atoms with Crippen molar-refractivity contribution < 1.29 is 9.59 Å². The molecule has 0 aliphatic carbocycles. The van der Waals surface area contributed by atoms with Gasteiger partial charge >= 0.3 is 0 Å². The number of carbonyl (C=O) groups excluding carboxylic acids is 2. The third-order valence-corrected chi connectivity index (χ3v) is 5.81. The molecule has 2 amide bonds. The molecule has 3 aromatic rings. The number of fused-ring (bicyclic) bond motifs is 1. The minimum absolute atomic E-state index is 0.0671. The van der Waals surface area contributed by atoms with Crippen molar-refractivity contribution in [3.05, 3.63) is 64.0 Å². The summed E-state index contributed by atoms with van der Waals surface area (Å²) < 4.78 is 0. The average molecular weight is 391 g/mol. The van der Waals surface area contributed by atoms with Crippen LogP contribution >= 0.6 is 11.3 Å². The summed E-state index contributed by atoms with van der Waals surface area (Å²) in [6.07, 6.45) is 0.850. The van der Waals surface area contributed by atoms with Gasteiger partial charge in [0, 0.05) is 35.2 Å². The topological polar surface area (TPSA) is 62.3 Å². The highest BCUT2D eigenvalue weighted by Crippen LogP contribution is 2.35. The Hall–Kier alpha value is -2.99. The fourth-order valence-electron chi connectivity index (χ4n) is 3.55. The van der Waals surface area contributed by atoms with Crippen molar-refractivity contribution in [3.8, 4) is 11.3 Å². The van der Waals surface area contributed by atoms with Gasteiger partial charge in [0.15, 0.2) is 5.13 Å². The second-order valence-electron chi connectivity index (χ2n) is 7.01. The maximum Gasteiger partial charge on any atom is 0.257 e. The van der Waals surface area contributed by atoms with E-state index in [9.17, 15) is 9.59 Å². The van der Waals surface area contributed by atoms with E-state index >= 15 is 0 Å². The second kappa shape index (κ2) is 7.20. The molecule has 5 nitrogen and oxygen atoms in total. The molecule has 0 saturated heterocycles. The molecule has 0 bridgehead atoms. The van der Waals surface area contributed by atoms with Gasteiger partial charge in [-0.05, 0) is 50.1 Å². The van der Waals surface area contributed by atoms with Gasteiger partial charge in [-0.1, -0.05) is 23.8 Å². The fraction of sp³-hybridized carbons (Fsp3) is 0.227. The number of anilines is 2. The number of aryl methyl sites for hydroxylation is 2. The summed E-state index contributed by atoms with van der Waals surface area (Å²) in [6.45, 7) is 6.28. The number of benzene rings is 2. The maximum atomic E-state index is 12.5. The van der Waals surface area contributed by atoms with Crippen molar-refractivity contribution in [2.45, 2.75) is 27.2 Å². The van der Waals surface area contributed by atoms with Gasteiger partial charge in [-0.3, -0.25) is 14.9 Å². The third kappa shape index (κ3) is 3.43. The molecule has 1 N–H and O–H groups in total. The van der Waals surface area contributed by atoms with Crippen LogP contribution in [-0.4, -0.2) is 23.3 Å². The summed E-state index contributed by atoms with van der Waals surface area (Å²) in [6, 6.07) is 13.6. The number of aromatic nitrogens is 1. The van der Waals surface area contributed by atoms with Crippen LogP contribution in [0.5, 0.6) is 0 Å². The first-order valence-corrected chi connectivity index (χ1v) is 10.0. The molecule has 2 aromatic carbocycles. The Morgan fingerprint density at radius 2 is 1.96 bits per heavy atom. The molecular formula is C22H21N3O2S.